The molecular weight excluding hydrogens is 596 g/mol. The zero-order chi connectivity index (χ0) is 28.6. The molecule has 4 heterocycles. The van der Waals surface area contributed by atoms with E-state index in [-0.39, 0.29) is 23.5 Å². The average molecular weight is 622 g/mol. The number of fused-ring (bicyclic) bond motifs is 6. The fourth-order valence-electron chi connectivity index (χ4n) is 4.39. The molecule has 0 unspecified atom stereocenters. The number of halogens is 2. The molecule has 0 aliphatic heterocycles. The molecule has 204 valence electrons. The van der Waals surface area contributed by atoms with Gasteiger partial charge in [0.15, 0.2) is 0 Å². The van der Waals surface area contributed by atoms with Crippen LogP contribution in [0.25, 0.3) is 43.4 Å². The highest BCUT2D eigenvalue weighted by molar-refractivity contribution is 9.10. The molecule has 2 aromatic carbocycles. The van der Waals surface area contributed by atoms with Gasteiger partial charge in [0.25, 0.3) is 5.56 Å². The number of nitrogens with zero attached hydrogens (tertiary/aromatic N) is 3. The van der Waals surface area contributed by atoms with Crippen molar-refractivity contribution in [1.82, 2.24) is 19.9 Å². The highest BCUT2D eigenvalue weighted by atomic mass is 79.9. The van der Waals surface area contributed by atoms with Crippen molar-refractivity contribution in [2.24, 2.45) is 0 Å². The third-order valence-corrected chi connectivity index (χ3v) is 6.72. The molecule has 4 aromatic heterocycles. The van der Waals surface area contributed by atoms with Gasteiger partial charge in [0, 0.05) is 43.8 Å². The minimum Gasteiger partial charge on any atom is -0.508 e. The summed E-state index contributed by atoms with van der Waals surface area (Å²) in [6.07, 6.45) is 3.23. The number of phenolic OH excluding ortho intramolecular Hbond substituents is 1. The number of aromatic hydroxyl groups is 1. The molecule has 0 fully saturated rings. The van der Waals surface area contributed by atoms with Crippen molar-refractivity contribution >= 4 is 70.9 Å². The van der Waals surface area contributed by atoms with Gasteiger partial charge in [-0.05, 0) is 76.2 Å². The fraction of sp³-hybridized carbons (Fsp3) is 0.200. The predicted molar refractivity (Wildman–Crippen MR) is 163 cm³/mol. The number of aromatic amines is 1. The lowest BCUT2D eigenvalue weighted by Crippen LogP contribution is -2.10. The van der Waals surface area contributed by atoms with Crippen molar-refractivity contribution in [3.8, 4) is 17.5 Å². The van der Waals surface area contributed by atoms with Crippen molar-refractivity contribution < 1.29 is 14.6 Å². The van der Waals surface area contributed by atoms with E-state index in [0.717, 1.165) is 26.1 Å². The molecule has 2 N–H and O–H groups in total. The first-order chi connectivity index (χ1) is 19.1. The molecule has 0 atom stereocenters. The molecule has 0 saturated carbocycles. The number of benzene rings is 2. The summed E-state index contributed by atoms with van der Waals surface area (Å²) in [4.78, 5) is 27.8. The smallest absolute Gasteiger partial charge is 0.258 e. The molecule has 0 radical (unpaired) electrons. The Morgan fingerprint density at radius 3 is 2.08 bits per heavy atom. The Labute approximate surface area is 243 Å². The van der Waals surface area contributed by atoms with Crippen LogP contribution in [0, 0.1) is 0 Å². The Morgan fingerprint density at radius 1 is 0.825 bits per heavy atom. The number of phenols is 1. The van der Waals surface area contributed by atoms with Gasteiger partial charge in [-0.25, -0.2) is 15.0 Å². The van der Waals surface area contributed by atoms with Gasteiger partial charge in [-0.15, -0.1) is 0 Å². The summed E-state index contributed by atoms with van der Waals surface area (Å²) in [7, 11) is 0. The van der Waals surface area contributed by atoms with Gasteiger partial charge in [0.1, 0.15) is 10.9 Å². The Balaban J connectivity index is 0.000000161. The first-order valence-electron chi connectivity index (χ1n) is 12.6. The van der Waals surface area contributed by atoms with Crippen molar-refractivity contribution in [2.75, 3.05) is 0 Å². The second kappa shape index (κ2) is 11.3. The summed E-state index contributed by atoms with van der Waals surface area (Å²) >= 11 is 9.73. The van der Waals surface area contributed by atoms with Crippen LogP contribution >= 0.6 is 27.5 Å². The van der Waals surface area contributed by atoms with Crippen molar-refractivity contribution in [2.45, 2.75) is 39.9 Å². The molecule has 0 amide bonds. The van der Waals surface area contributed by atoms with Crippen LogP contribution in [0.2, 0.25) is 5.15 Å². The van der Waals surface area contributed by atoms with Crippen LogP contribution in [-0.4, -0.2) is 37.3 Å². The third-order valence-electron chi connectivity index (χ3n) is 5.94. The van der Waals surface area contributed by atoms with Gasteiger partial charge in [0.2, 0.25) is 11.8 Å². The molecule has 0 aliphatic carbocycles. The molecule has 10 heteroatoms. The highest BCUT2D eigenvalue weighted by Crippen LogP contribution is 2.36. The summed E-state index contributed by atoms with van der Waals surface area (Å²) in [5.41, 5.74) is 1.09. The lowest BCUT2D eigenvalue weighted by Gasteiger charge is -2.13. The number of H-pyrrole nitrogens is 1. The van der Waals surface area contributed by atoms with Gasteiger partial charge in [-0.1, -0.05) is 27.5 Å². The average Bonchev–Trinajstić information content (AvgIpc) is 2.88. The number of nitrogens with one attached hydrogen (secondary N) is 1. The van der Waals surface area contributed by atoms with Crippen LogP contribution in [0.1, 0.15) is 27.7 Å². The maximum Gasteiger partial charge on any atom is 0.258 e. The minimum atomic E-state index is -0.235. The standard InChI is InChI=1S/C15H12BrClN2O.C15H14N2O3/c1-8(2)20-15-10-4-3-9(16)7-11(10)13-12(19-15)5-6-18-14(13)17;1-8(2)20-15-10-4-3-9(18)7-11(10)13-12(17-15)5-6-16-14(13)19/h3-8H,1-2H3;3-8,18H,1-2H3,(H,16,19). The molecule has 0 saturated heterocycles. The maximum atomic E-state index is 12.0. The van der Waals surface area contributed by atoms with E-state index in [9.17, 15) is 9.90 Å². The lowest BCUT2D eigenvalue weighted by molar-refractivity contribution is 0.236. The number of ether oxygens (including phenoxy) is 2. The summed E-state index contributed by atoms with van der Waals surface area (Å²) in [5, 5.41) is 14.7. The molecule has 0 bridgehead atoms. The van der Waals surface area contributed by atoms with Crippen LogP contribution < -0.4 is 15.0 Å². The first-order valence-corrected chi connectivity index (χ1v) is 13.8. The quantitative estimate of drug-likeness (QED) is 0.154. The number of rotatable bonds is 4. The van der Waals surface area contributed by atoms with Gasteiger partial charge < -0.3 is 19.6 Å². The summed E-state index contributed by atoms with van der Waals surface area (Å²) in [5.74, 6) is 1.19. The van der Waals surface area contributed by atoms with Crippen molar-refractivity contribution in [3.05, 3.63) is 80.9 Å². The van der Waals surface area contributed by atoms with Crippen LogP contribution in [0.3, 0.4) is 0 Å². The van der Waals surface area contributed by atoms with E-state index >= 15 is 0 Å². The van der Waals surface area contributed by atoms with Gasteiger partial charge in [-0.3, -0.25) is 4.79 Å². The highest BCUT2D eigenvalue weighted by Gasteiger charge is 2.15. The number of aromatic nitrogens is 4. The predicted octanol–water partition coefficient (Wildman–Crippen LogP) is 7.56. The first kappa shape index (κ1) is 27.6. The zero-order valence-electron chi connectivity index (χ0n) is 22.2. The Bertz CT molecular complexity index is 1940. The normalized spacial score (nSPS) is 11.4. The lowest BCUT2D eigenvalue weighted by atomic mass is 10.1. The van der Waals surface area contributed by atoms with Crippen LogP contribution in [-0.2, 0) is 0 Å². The van der Waals surface area contributed by atoms with Crippen LogP contribution in [0.5, 0.6) is 17.5 Å². The second-order valence-corrected chi connectivity index (χ2v) is 10.9. The van der Waals surface area contributed by atoms with Crippen molar-refractivity contribution in [3.63, 3.8) is 0 Å². The fourth-order valence-corrected chi connectivity index (χ4v) is 5.01. The summed E-state index contributed by atoms with van der Waals surface area (Å²) in [6.45, 7) is 7.79. The Kier molecular flexibility index (Phi) is 7.78. The second-order valence-electron chi connectivity index (χ2n) is 9.65. The molecule has 0 spiro atoms. The van der Waals surface area contributed by atoms with E-state index in [2.05, 4.69) is 35.9 Å². The molecule has 0 aliphatic rings. The maximum absolute atomic E-state index is 12.0. The van der Waals surface area contributed by atoms with Gasteiger partial charge in [0.05, 0.1) is 28.6 Å². The number of hydrogen-bond acceptors (Lipinski definition) is 7. The molecule has 6 aromatic rings. The number of pyridine rings is 4. The van der Waals surface area contributed by atoms with Crippen LogP contribution in [0.4, 0.5) is 0 Å². The van der Waals surface area contributed by atoms with E-state index < -0.39 is 0 Å². The van der Waals surface area contributed by atoms with E-state index in [1.54, 1.807) is 36.7 Å². The monoisotopic (exact) mass is 620 g/mol. The number of hydrogen-bond donors (Lipinski definition) is 2. The molecule has 8 nitrogen and oxygen atoms in total. The molecule has 6 rings (SSSR count). The van der Waals surface area contributed by atoms with Crippen LogP contribution in [0.15, 0.2) is 70.2 Å². The Morgan fingerprint density at radius 2 is 1.43 bits per heavy atom. The zero-order valence-corrected chi connectivity index (χ0v) is 24.5. The van der Waals surface area contributed by atoms with E-state index in [4.69, 9.17) is 21.1 Å². The third kappa shape index (κ3) is 5.52. The van der Waals surface area contributed by atoms with E-state index in [1.807, 2.05) is 52.0 Å². The molecule has 40 heavy (non-hydrogen) atoms. The summed E-state index contributed by atoms with van der Waals surface area (Å²) in [6, 6.07) is 14.3. The van der Waals surface area contributed by atoms with E-state index in [1.165, 1.54) is 0 Å². The molecular formula is C30H26BrClN4O4. The van der Waals surface area contributed by atoms with Crippen molar-refractivity contribution in [1.29, 1.82) is 0 Å². The van der Waals surface area contributed by atoms with Gasteiger partial charge >= 0.3 is 0 Å². The largest absolute Gasteiger partial charge is 0.508 e. The SMILES string of the molecule is CC(C)Oc1nc2cc[nH]c(=O)c2c2cc(O)ccc12.CC(C)Oc1nc2ccnc(Cl)c2c2cc(Br)ccc12. The topological polar surface area (TPSA) is 110 Å². The minimum absolute atomic E-state index is 0.0288. The Hall–Kier alpha value is -3.95. The van der Waals surface area contributed by atoms with Gasteiger partial charge in [-0.2, -0.15) is 0 Å². The van der Waals surface area contributed by atoms with E-state index in [0.29, 0.717) is 38.6 Å². The summed E-state index contributed by atoms with van der Waals surface area (Å²) < 4.78 is 12.5.